The Morgan fingerprint density at radius 1 is 1.22 bits per heavy atom. The van der Waals surface area contributed by atoms with Crippen LogP contribution in [0.3, 0.4) is 0 Å². The molecule has 0 amide bonds. The van der Waals surface area contributed by atoms with E-state index in [9.17, 15) is 4.79 Å². The van der Waals surface area contributed by atoms with Crippen LogP contribution in [0.15, 0.2) is 35.6 Å². The first-order valence-corrected chi connectivity index (χ1v) is 9.08. The number of carbonyl (C=O) groups is 1. The lowest BCUT2D eigenvalue weighted by atomic mass is 9.49. The average Bonchev–Trinajstić information content (AvgIpc) is 2.78. The molecule has 4 aliphatic carbocycles. The number of carbonyl (C=O) groups excluding carboxylic acids is 1. The van der Waals surface area contributed by atoms with Crippen LogP contribution in [-0.4, -0.2) is 12.9 Å². The molecule has 0 radical (unpaired) electrons. The lowest BCUT2D eigenvalue weighted by molar-refractivity contribution is -0.129. The third-order valence-corrected chi connectivity index (χ3v) is 7.69. The number of ketones is 1. The number of ether oxygens (including phenoxy) is 1. The zero-order valence-electron chi connectivity index (χ0n) is 14.7. The molecule has 4 rings (SSSR count). The topological polar surface area (TPSA) is 26.3 Å². The van der Waals surface area contributed by atoms with Crippen LogP contribution in [0.2, 0.25) is 0 Å². The Bertz CT molecular complexity index is 640. The molecule has 5 atom stereocenters. The molecule has 5 unspecified atom stereocenters. The Hall–Kier alpha value is -1.31. The second kappa shape index (κ2) is 4.84. The summed E-state index contributed by atoms with van der Waals surface area (Å²) in [7, 11) is 1.78. The highest BCUT2D eigenvalue weighted by Gasteiger charge is 2.59. The van der Waals surface area contributed by atoms with Crippen molar-refractivity contribution >= 4 is 5.78 Å². The fourth-order valence-corrected chi connectivity index (χ4v) is 6.20. The highest BCUT2D eigenvalue weighted by atomic mass is 16.5. The third kappa shape index (κ3) is 1.90. The number of allylic oxidation sites excluding steroid dienone is 5. The molecule has 0 saturated heterocycles. The molecule has 0 aliphatic heterocycles. The van der Waals surface area contributed by atoms with Crippen molar-refractivity contribution < 1.29 is 9.53 Å². The molecule has 2 saturated carbocycles. The minimum Gasteiger partial charge on any atom is -0.501 e. The van der Waals surface area contributed by atoms with Gasteiger partial charge in [0.2, 0.25) is 0 Å². The first kappa shape index (κ1) is 15.2. The first-order valence-electron chi connectivity index (χ1n) is 9.08. The van der Waals surface area contributed by atoms with E-state index < -0.39 is 0 Å². The summed E-state index contributed by atoms with van der Waals surface area (Å²) in [6.07, 6.45) is 11.2. The van der Waals surface area contributed by atoms with E-state index in [1.54, 1.807) is 7.11 Å². The van der Waals surface area contributed by atoms with Gasteiger partial charge in [0, 0.05) is 11.8 Å². The van der Waals surface area contributed by atoms with E-state index in [2.05, 4.69) is 32.6 Å². The van der Waals surface area contributed by atoms with Crippen molar-refractivity contribution in [1.82, 2.24) is 0 Å². The summed E-state index contributed by atoms with van der Waals surface area (Å²) < 4.78 is 5.50. The van der Waals surface area contributed by atoms with Crippen LogP contribution in [0.5, 0.6) is 0 Å². The number of rotatable bonds is 1. The van der Waals surface area contributed by atoms with Crippen LogP contribution < -0.4 is 0 Å². The fraction of sp³-hybridized carbons (Fsp3) is 0.667. The fourth-order valence-electron chi connectivity index (χ4n) is 6.20. The van der Waals surface area contributed by atoms with Crippen molar-refractivity contribution in [2.75, 3.05) is 7.11 Å². The van der Waals surface area contributed by atoms with Crippen molar-refractivity contribution in [3.8, 4) is 0 Å². The molecule has 0 aromatic heterocycles. The van der Waals surface area contributed by atoms with E-state index in [0.717, 1.165) is 37.0 Å². The molecule has 0 aromatic carbocycles. The van der Waals surface area contributed by atoms with Crippen LogP contribution in [-0.2, 0) is 9.53 Å². The predicted molar refractivity (Wildman–Crippen MR) is 91.7 cm³/mol. The molecule has 23 heavy (non-hydrogen) atoms. The molecule has 0 heterocycles. The third-order valence-electron chi connectivity index (χ3n) is 7.69. The SMILES string of the molecule is C=C1CC2C3CC=C4C=C(OC)CCC4(C)C3CCC2(C)C1=O. The van der Waals surface area contributed by atoms with Gasteiger partial charge in [-0.1, -0.05) is 26.5 Å². The van der Waals surface area contributed by atoms with Gasteiger partial charge in [-0.2, -0.15) is 0 Å². The zero-order valence-corrected chi connectivity index (χ0v) is 14.7. The van der Waals surface area contributed by atoms with Gasteiger partial charge in [-0.25, -0.2) is 0 Å². The number of methoxy groups -OCH3 is 1. The number of hydrogen-bond donors (Lipinski definition) is 0. The Morgan fingerprint density at radius 3 is 2.74 bits per heavy atom. The summed E-state index contributed by atoms with van der Waals surface area (Å²) in [6.45, 7) is 8.73. The maximum atomic E-state index is 12.6. The number of hydrogen-bond acceptors (Lipinski definition) is 2. The van der Waals surface area contributed by atoms with Gasteiger partial charge in [-0.15, -0.1) is 0 Å². The molecule has 0 bridgehead atoms. The second-order valence-corrected chi connectivity index (χ2v) is 8.60. The normalized spacial score (nSPS) is 45.6. The molecular weight excluding hydrogens is 284 g/mol. The van der Waals surface area contributed by atoms with Gasteiger partial charge in [0.25, 0.3) is 0 Å². The van der Waals surface area contributed by atoms with Crippen molar-refractivity contribution in [2.45, 2.75) is 52.4 Å². The standard InChI is InChI=1S/C21H28O2/c1-13-11-18-16-6-5-14-12-15(23-4)7-9-20(14,2)17(16)8-10-21(18,3)19(13)22/h5,12,16-18H,1,6-11H2,2-4H3. The summed E-state index contributed by atoms with van der Waals surface area (Å²) in [5.41, 5.74) is 2.48. The quantitative estimate of drug-likeness (QED) is 0.649. The van der Waals surface area contributed by atoms with Gasteiger partial charge in [-0.05, 0) is 72.5 Å². The molecule has 0 spiro atoms. The van der Waals surface area contributed by atoms with Crippen molar-refractivity contribution in [2.24, 2.45) is 28.6 Å². The Morgan fingerprint density at radius 2 is 2.00 bits per heavy atom. The average molecular weight is 312 g/mol. The molecule has 2 nitrogen and oxygen atoms in total. The first-order chi connectivity index (χ1) is 10.9. The molecule has 0 N–H and O–H groups in total. The van der Waals surface area contributed by atoms with Crippen LogP contribution >= 0.6 is 0 Å². The Labute approximate surface area is 139 Å². The highest BCUT2D eigenvalue weighted by Crippen LogP contribution is 2.64. The minimum absolute atomic E-state index is 0.137. The van der Waals surface area contributed by atoms with Crippen molar-refractivity contribution in [3.05, 3.63) is 35.6 Å². The Kier molecular flexibility index (Phi) is 3.21. The summed E-state index contributed by atoms with van der Waals surface area (Å²) in [5.74, 6) is 3.32. The van der Waals surface area contributed by atoms with E-state index >= 15 is 0 Å². The monoisotopic (exact) mass is 312 g/mol. The summed E-state index contributed by atoms with van der Waals surface area (Å²) >= 11 is 0. The lowest BCUT2D eigenvalue weighted by Gasteiger charge is -2.55. The van der Waals surface area contributed by atoms with Crippen LogP contribution in [0.1, 0.15) is 52.4 Å². The van der Waals surface area contributed by atoms with E-state index in [1.807, 2.05) is 0 Å². The van der Waals surface area contributed by atoms with Crippen LogP contribution in [0, 0.1) is 28.6 Å². The number of fused-ring (bicyclic) bond motifs is 5. The predicted octanol–water partition coefficient (Wildman–Crippen LogP) is 4.82. The number of Topliss-reactive ketones (excluding diaryl/α,β-unsaturated/α-hetero) is 1. The molecule has 0 aromatic rings. The van der Waals surface area contributed by atoms with Gasteiger partial charge in [0.15, 0.2) is 5.78 Å². The largest absolute Gasteiger partial charge is 0.501 e. The van der Waals surface area contributed by atoms with E-state index in [-0.39, 0.29) is 10.8 Å². The van der Waals surface area contributed by atoms with Crippen LogP contribution in [0.25, 0.3) is 0 Å². The van der Waals surface area contributed by atoms with E-state index in [1.165, 1.54) is 18.4 Å². The van der Waals surface area contributed by atoms with Gasteiger partial charge >= 0.3 is 0 Å². The second-order valence-electron chi connectivity index (χ2n) is 8.60. The smallest absolute Gasteiger partial charge is 0.164 e. The molecule has 4 aliphatic rings. The Balaban J connectivity index is 1.72. The maximum Gasteiger partial charge on any atom is 0.164 e. The molecular formula is C21H28O2. The van der Waals surface area contributed by atoms with Crippen molar-refractivity contribution in [3.63, 3.8) is 0 Å². The van der Waals surface area contributed by atoms with E-state index in [4.69, 9.17) is 4.74 Å². The van der Waals surface area contributed by atoms with Gasteiger partial charge in [-0.3, -0.25) is 4.79 Å². The summed E-state index contributed by atoms with van der Waals surface area (Å²) in [5, 5.41) is 0. The molecule has 2 heteroatoms. The zero-order chi connectivity index (χ0) is 16.4. The molecule has 124 valence electrons. The maximum absolute atomic E-state index is 12.6. The van der Waals surface area contributed by atoms with Gasteiger partial charge in [0.1, 0.15) is 0 Å². The van der Waals surface area contributed by atoms with Gasteiger partial charge < -0.3 is 4.74 Å². The van der Waals surface area contributed by atoms with Crippen molar-refractivity contribution in [1.29, 1.82) is 0 Å². The summed E-state index contributed by atoms with van der Waals surface area (Å²) in [4.78, 5) is 12.6. The highest BCUT2D eigenvalue weighted by molar-refractivity contribution is 6.02. The summed E-state index contributed by atoms with van der Waals surface area (Å²) in [6, 6.07) is 0. The van der Waals surface area contributed by atoms with Crippen LogP contribution in [0.4, 0.5) is 0 Å². The van der Waals surface area contributed by atoms with Gasteiger partial charge in [0.05, 0.1) is 12.9 Å². The minimum atomic E-state index is -0.137. The lowest BCUT2D eigenvalue weighted by Crippen LogP contribution is -2.49. The van der Waals surface area contributed by atoms with E-state index in [0.29, 0.717) is 23.5 Å². The molecule has 2 fully saturated rings.